The van der Waals surface area contributed by atoms with Crippen LogP contribution in [0.25, 0.3) is 11.3 Å². The molecule has 0 bridgehead atoms. The quantitative estimate of drug-likeness (QED) is 0.369. The molecule has 0 atom stereocenters. The fraction of sp³-hybridized carbons (Fsp3) is 0. The molecule has 0 unspecified atom stereocenters. The highest BCUT2D eigenvalue weighted by atomic mass is 35.5. The van der Waals surface area contributed by atoms with Gasteiger partial charge in [0, 0.05) is 5.56 Å². The maximum Gasteiger partial charge on any atom is 0.332 e. The molecule has 0 fully saturated rings. The van der Waals surface area contributed by atoms with Crippen LogP contribution in [0.1, 0.15) is 0 Å². The van der Waals surface area contributed by atoms with Crippen LogP contribution in [0, 0.1) is 27.6 Å². The van der Waals surface area contributed by atoms with Crippen LogP contribution >= 0.6 is 11.6 Å². The maximum absolute atomic E-state index is 13.1. The molecule has 98 valence electrons. The van der Waals surface area contributed by atoms with E-state index in [1.165, 1.54) is 0 Å². The third-order valence-electron chi connectivity index (χ3n) is 2.22. The van der Waals surface area contributed by atoms with Crippen molar-refractivity contribution in [2.24, 2.45) is 0 Å². The Kier molecular flexibility index (Phi) is 3.34. The van der Waals surface area contributed by atoms with E-state index in [1.807, 2.05) is 0 Å². The van der Waals surface area contributed by atoms with Gasteiger partial charge in [0.25, 0.3) is 0 Å². The molecular formula is C10H3ClF3N3O2. The first kappa shape index (κ1) is 13.2. The summed E-state index contributed by atoms with van der Waals surface area (Å²) in [6.45, 7) is 0. The van der Waals surface area contributed by atoms with Crippen molar-refractivity contribution in [2.75, 3.05) is 0 Å². The second-order valence-corrected chi connectivity index (χ2v) is 3.73. The molecule has 0 aliphatic heterocycles. The van der Waals surface area contributed by atoms with Crippen molar-refractivity contribution in [3.63, 3.8) is 0 Å². The van der Waals surface area contributed by atoms with E-state index < -0.39 is 38.9 Å². The molecule has 0 saturated carbocycles. The molecule has 19 heavy (non-hydrogen) atoms. The predicted molar refractivity (Wildman–Crippen MR) is 59.0 cm³/mol. The van der Waals surface area contributed by atoms with E-state index in [1.54, 1.807) is 0 Å². The summed E-state index contributed by atoms with van der Waals surface area (Å²) in [5.41, 5.74) is -1.43. The molecule has 1 heterocycles. The summed E-state index contributed by atoms with van der Waals surface area (Å²) in [6.07, 6.45) is 0.893. The summed E-state index contributed by atoms with van der Waals surface area (Å²) in [6, 6.07) is 1.17. The highest BCUT2D eigenvalue weighted by Gasteiger charge is 2.24. The summed E-state index contributed by atoms with van der Waals surface area (Å²) in [5, 5.41) is 10.3. The Morgan fingerprint density at radius 1 is 1.16 bits per heavy atom. The molecule has 1 aromatic carbocycles. The number of hydrogen-bond acceptors (Lipinski definition) is 4. The van der Waals surface area contributed by atoms with Gasteiger partial charge in [0.1, 0.15) is 6.33 Å². The largest absolute Gasteiger partial charge is 0.332 e. The molecule has 0 aliphatic rings. The highest BCUT2D eigenvalue weighted by molar-refractivity contribution is 6.31. The summed E-state index contributed by atoms with van der Waals surface area (Å²) in [7, 11) is 0. The van der Waals surface area contributed by atoms with E-state index in [0.29, 0.717) is 12.1 Å². The lowest BCUT2D eigenvalue weighted by molar-refractivity contribution is -0.384. The Hall–Kier alpha value is -2.22. The molecule has 5 nitrogen and oxygen atoms in total. The lowest BCUT2D eigenvalue weighted by Crippen LogP contribution is -1.99. The van der Waals surface area contributed by atoms with Crippen LogP contribution in [0.5, 0.6) is 0 Å². The van der Waals surface area contributed by atoms with Crippen molar-refractivity contribution < 1.29 is 18.1 Å². The standard InChI is InChI=1S/C10H3ClF3N3O2/c11-10-9(17(18)19)8(15-3-16-10)4-1-5(12)7(14)6(13)2-4/h1-3H. The van der Waals surface area contributed by atoms with Crippen molar-refractivity contribution >= 4 is 17.3 Å². The molecule has 9 heteroatoms. The minimum atomic E-state index is -1.67. The zero-order valence-corrected chi connectivity index (χ0v) is 9.66. The van der Waals surface area contributed by atoms with Crippen LogP contribution in [0.4, 0.5) is 18.9 Å². The monoisotopic (exact) mass is 289 g/mol. The molecular weight excluding hydrogens is 287 g/mol. The van der Waals surface area contributed by atoms with Gasteiger partial charge >= 0.3 is 5.69 Å². The van der Waals surface area contributed by atoms with Crippen LogP contribution in [0.3, 0.4) is 0 Å². The maximum atomic E-state index is 13.1. The minimum Gasteiger partial charge on any atom is -0.258 e. The van der Waals surface area contributed by atoms with E-state index >= 15 is 0 Å². The van der Waals surface area contributed by atoms with Crippen molar-refractivity contribution in [3.8, 4) is 11.3 Å². The molecule has 1 aromatic heterocycles. The lowest BCUT2D eigenvalue weighted by Gasteiger charge is -2.04. The van der Waals surface area contributed by atoms with Crippen molar-refractivity contribution in [1.82, 2.24) is 9.97 Å². The molecule has 0 spiro atoms. The van der Waals surface area contributed by atoms with Crippen LogP contribution in [0.2, 0.25) is 5.15 Å². The third-order valence-corrected chi connectivity index (χ3v) is 2.49. The average Bonchev–Trinajstić information content (AvgIpc) is 2.34. The first-order chi connectivity index (χ1) is 8.91. The molecule has 2 rings (SSSR count). The van der Waals surface area contributed by atoms with Crippen LogP contribution in [-0.2, 0) is 0 Å². The van der Waals surface area contributed by atoms with Gasteiger partial charge in [-0.3, -0.25) is 10.1 Å². The zero-order chi connectivity index (χ0) is 14.2. The number of nitro groups is 1. The third kappa shape index (κ3) is 2.34. The number of hydrogen-bond donors (Lipinski definition) is 0. The molecule has 0 N–H and O–H groups in total. The fourth-order valence-electron chi connectivity index (χ4n) is 1.42. The molecule has 0 aliphatic carbocycles. The summed E-state index contributed by atoms with van der Waals surface area (Å²) >= 11 is 5.53. The zero-order valence-electron chi connectivity index (χ0n) is 8.90. The van der Waals surface area contributed by atoms with Crippen LogP contribution in [0.15, 0.2) is 18.5 Å². The number of halogens is 4. The Morgan fingerprint density at radius 2 is 1.74 bits per heavy atom. The Bertz CT molecular complexity index is 658. The van der Waals surface area contributed by atoms with Crippen LogP contribution in [-0.4, -0.2) is 14.9 Å². The summed E-state index contributed by atoms with van der Waals surface area (Å²) < 4.78 is 39.0. The van der Waals surface area contributed by atoms with Gasteiger partial charge in [0.15, 0.2) is 23.1 Å². The smallest absolute Gasteiger partial charge is 0.258 e. The van der Waals surface area contributed by atoms with Crippen molar-refractivity contribution in [3.05, 3.63) is 51.2 Å². The molecule has 0 amide bonds. The van der Waals surface area contributed by atoms with Crippen molar-refractivity contribution in [2.45, 2.75) is 0 Å². The topological polar surface area (TPSA) is 68.9 Å². The normalized spacial score (nSPS) is 10.5. The van der Waals surface area contributed by atoms with Gasteiger partial charge in [-0.1, -0.05) is 11.6 Å². The lowest BCUT2D eigenvalue weighted by atomic mass is 10.1. The van der Waals surface area contributed by atoms with E-state index in [4.69, 9.17) is 11.6 Å². The van der Waals surface area contributed by atoms with Gasteiger partial charge in [-0.05, 0) is 12.1 Å². The number of aromatic nitrogens is 2. The van der Waals surface area contributed by atoms with Gasteiger partial charge in [-0.15, -0.1) is 0 Å². The first-order valence-electron chi connectivity index (χ1n) is 4.71. The van der Waals surface area contributed by atoms with E-state index in [9.17, 15) is 23.3 Å². The Balaban J connectivity index is 2.73. The molecule has 0 radical (unpaired) electrons. The molecule has 2 aromatic rings. The van der Waals surface area contributed by atoms with Gasteiger partial charge < -0.3 is 0 Å². The van der Waals surface area contributed by atoms with Gasteiger partial charge in [0.2, 0.25) is 5.15 Å². The minimum absolute atomic E-state index is 0.313. The second kappa shape index (κ2) is 4.81. The summed E-state index contributed by atoms with van der Waals surface area (Å²) in [4.78, 5) is 16.9. The first-order valence-corrected chi connectivity index (χ1v) is 5.09. The SMILES string of the molecule is O=[N+]([O-])c1c(Cl)ncnc1-c1cc(F)c(F)c(F)c1. The number of benzene rings is 1. The fourth-order valence-corrected chi connectivity index (χ4v) is 1.62. The van der Waals surface area contributed by atoms with E-state index in [2.05, 4.69) is 9.97 Å². The van der Waals surface area contributed by atoms with Crippen molar-refractivity contribution in [1.29, 1.82) is 0 Å². The van der Waals surface area contributed by atoms with Gasteiger partial charge in [-0.2, -0.15) is 0 Å². The summed E-state index contributed by atoms with van der Waals surface area (Å²) in [5.74, 6) is -4.65. The Labute approximate surface area is 108 Å². The second-order valence-electron chi connectivity index (χ2n) is 3.37. The van der Waals surface area contributed by atoms with E-state index in [0.717, 1.165) is 6.33 Å². The van der Waals surface area contributed by atoms with Gasteiger partial charge in [-0.25, -0.2) is 23.1 Å². The highest BCUT2D eigenvalue weighted by Crippen LogP contribution is 2.33. The average molecular weight is 290 g/mol. The van der Waals surface area contributed by atoms with Crippen LogP contribution < -0.4 is 0 Å². The van der Waals surface area contributed by atoms with Gasteiger partial charge in [0.05, 0.1) is 4.92 Å². The predicted octanol–water partition coefficient (Wildman–Crippen LogP) is 3.12. The molecule has 0 saturated heterocycles. The number of rotatable bonds is 2. The van der Waals surface area contributed by atoms with E-state index in [-0.39, 0.29) is 5.56 Å². The Morgan fingerprint density at radius 3 is 2.26 bits per heavy atom. The number of nitrogens with zero attached hydrogens (tertiary/aromatic N) is 3.